The van der Waals surface area contributed by atoms with E-state index in [0.29, 0.717) is 12.1 Å². The van der Waals surface area contributed by atoms with Gasteiger partial charge >= 0.3 is 0 Å². The number of hydrogen-bond donors (Lipinski definition) is 1. The molecule has 0 aromatic heterocycles. The average Bonchev–Trinajstić information content (AvgIpc) is 2.78. The van der Waals surface area contributed by atoms with Gasteiger partial charge in [-0.3, -0.25) is 0 Å². The van der Waals surface area contributed by atoms with Crippen LogP contribution in [-0.2, 0) is 4.74 Å². The van der Waals surface area contributed by atoms with Gasteiger partial charge in [0.1, 0.15) is 0 Å². The molecule has 2 fully saturated rings. The first-order valence-corrected chi connectivity index (χ1v) is 6.96. The highest BCUT2D eigenvalue weighted by atomic mass is 32.2. The van der Waals surface area contributed by atoms with Gasteiger partial charge < -0.3 is 10.5 Å². The summed E-state index contributed by atoms with van der Waals surface area (Å²) in [5, 5.41) is 0. The van der Waals surface area contributed by atoms with Gasteiger partial charge in [0.25, 0.3) is 0 Å². The highest BCUT2D eigenvalue weighted by molar-refractivity contribution is 7.99. The Morgan fingerprint density at radius 3 is 2.86 bits per heavy atom. The van der Waals surface area contributed by atoms with Gasteiger partial charge in [0.2, 0.25) is 0 Å². The molecule has 3 atom stereocenters. The van der Waals surface area contributed by atoms with Crippen LogP contribution in [-0.4, -0.2) is 30.3 Å². The first kappa shape index (κ1) is 10.8. The van der Waals surface area contributed by atoms with Gasteiger partial charge in [0.05, 0.1) is 6.10 Å². The van der Waals surface area contributed by atoms with Gasteiger partial charge in [0.15, 0.2) is 0 Å². The number of nitrogens with two attached hydrogens (primary N) is 1. The van der Waals surface area contributed by atoms with Crippen molar-refractivity contribution in [3.05, 3.63) is 0 Å². The van der Waals surface area contributed by atoms with E-state index in [0.717, 1.165) is 12.5 Å². The maximum atomic E-state index is 6.02. The monoisotopic (exact) mass is 215 g/mol. The summed E-state index contributed by atoms with van der Waals surface area (Å²) in [6.07, 6.45) is 7.00. The molecule has 2 aliphatic rings. The van der Waals surface area contributed by atoms with E-state index in [4.69, 9.17) is 10.5 Å². The fourth-order valence-corrected chi connectivity index (χ4v) is 3.79. The van der Waals surface area contributed by atoms with Crippen LogP contribution < -0.4 is 5.73 Å². The van der Waals surface area contributed by atoms with Gasteiger partial charge in [-0.1, -0.05) is 6.42 Å². The lowest BCUT2D eigenvalue weighted by Gasteiger charge is -2.15. The zero-order valence-electron chi connectivity index (χ0n) is 8.78. The molecule has 0 aromatic carbocycles. The Bertz CT molecular complexity index is 171. The number of rotatable bonds is 4. The van der Waals surface area contributed by atoms with E-state index < -0.39 is 0 Å². The summed E-state index contributed by atoms with van der Waals surface area (Å²) in [4.78, 5) is 0. The molecule has 0 radical (unpaired) electrons. The molecule has 2 N–H and O–H groups in total. The Kier molecular flexibility index (Phi) is 4.14. The molecule has 0 amide bonds. The third kappa shape index (κ3) is 2.88. The Hall–Kier alpha value is 0.270. The van der Waals surface area contributed by atoms with Crippen LogP contribution in [0.25, 0.3) is 0 Å². The second-order valence-electron chi connectivity index (χ2n) is 4.53. The van der Waals surface area contributed by atoms with E-state index in [1.807, 2.05) is 11.8 Å². The summed E-state index contributed by atoms with van der Waals surface area (Å²) in [6, 6.07) is 0.462. The topological polar surface area (TPSA) is 35.2 Å². The molecule has 2 nitrogen and oxygen atoms in total. The molecule has 14 heavy (non-hydrogen) atoms. The Balaban J connectivity index is 1.57. The van der Waals surface area contributed by atoms with Crippen LogP contribution in [0.2, 0.25) is 0 Å². The van der Waals surface area contributed by atoms with Crippen LogP contribution in [0.4, 0.5) is 0 Å². The predicted molar refractivity (Wildman–Crippen MR) is 61.6 cm³/mol. The van der Waals surface area contributed by atoms with Crippen molar-refractivity contribution in [3.63, 3.8) is 0 Å². The minimum atomic E-state index is 0.462. The van der Waals surface area contributed by atoms with Crippen LogP contribution in [0.5, 0.6) is 0 Å². The summed E-state index contributed by atoms with van der Waals surface area (Å²) in [5.41, 5.74) is 6.02. The number of thioether (sulfide) groups is 1. The lowest BCUT2D eigenvalue weighted by Crippen LogP contribution is -2.28. The quantitative estimate of drug-likeness (QED) is 0.779. The van der Waals surface area contributed by atoms with Crippen molar-refractivity contribution in [1.29, 1.82) is 0 Å². The van der Waals surface area contributed by atoms with Gasteiger partial charge in [-0.2, -0.15) is 11.8 Å². The van der Waals surface area contributed by atoms with Gasteiger partial charge in [-0.05, 0) is 37.4 Å². The van der Waals surface area contributed by atoms with Gasteiger partial charge in [-0.15, -0.1) is 0 Å². The minimum absolute atomic E-state index is 0.462. The Labute approximate surface area is 91.0 Å². The van der Waals surface area contributed by atoms with Crippen molar-refractivity contribution in [2.75, 3.05) is 18.1 Å². The van der Waals surface area contributed by atoms with E-state index >= 15 is 0 Å². The van der Waals surface area contributed by atoms with Crippen LogP contribution in [0.3, 0.4) is 0 Å². The summed E-state index contributed by atoms with van der Waals surface area (Å²) in [7, 11) is 0. The van der Waals surface area contributed by atoms with Crippen molar-refractivity contribution in [2.45, 2.75) is 44.2 Å². The van der Waals surface area contributed by atoms with E-state index in [-0.39, 0.29) is 0 Å². The second-order valence-corrected chi connectivity index (χ2v) is 5.60. The molecule has 0 aliphatic carbocycles. The molecule has 3 heteroatoms. The van der Waals surface area contributed by atoms with Crippen LogP contribution in [0.15, 0.2) is 0 Å². The molecule has 2 heterocycles. The fourth-order valence-electron chi connectivity index (χ4n) is 2.39. The van der Waals surface area contributed by atoms with Crippen LogP contribution >= 0.6 is 11.8 Å². The molecule has 2 aliphatic heterocycles. The van der Waals surface area contributed by atoms with Crippen molar-refractivity contribution in [3.8, 4) is 0 Å². The first-order valence-electron chi connectivity index (χ1n) is 5.81. The lowest BCUT2D eigenvalue weighted by molar-refractivity contribution is 0.101. The fraction of sp³-hybridized carbons (Fsp3) is 1.00. The predicted octanol–water partition coefficient (Wildman–Crippen LogP) is 2.03. The van der Waals surface area contributed by atoms with Crippen molar-refractivity contribution in [2.24, 2.45) is 11.7 Å². The van der Waals surface area contributed by atoms with E-state index in [9.17, 15) is 0 Å². The highest BCUT2D eigenvalue weighted by Gasteiger charge is 2.24. The van der Waals surface area contributed by atoms with Gasteiger partial charge in [-0.25, -0.2) is 0 Å². The third-order valence-corrected chi connectivity index (χ3v) is 4.66. The van der Waals surface area contributed by atoms with Crippen LogP contribution in [0, 0.1) is 5.92 Å². The third-order valence-electron chi connectivity index (χ3n) is 3.37. The summed E-state index contributed by atoms with van der Waals surface area (Å²) in [6.45, 7) is 0.990. The average molecular weight is 215 g/mol. The maximum Gasteiger partial charge on any atom is 0.0576 e. The molecular formula is C11H21NOS. The molecular weight excluding hydrogens is 194 g/mol. The largest absolute Gasteiger partial charge is 0.378 e. The highest BCUT2D eigenvalue weighted by Crippen LogP contribution is 2.28. The van der Waals surface area contributed by atoms with Crippen molar-refractivity contribution in [1.82, 2.24) is 0 Å². The maximum absolute atomic E-state index is 6.02. The second kappa shape index (κ2) is 5.38. The van der Waals surface area contributed by atoms with Crippen LogP contribution in [0.1, 0.15) is 32.1 Å². The molecule has 0 spiro atoms. The molecule has 0 saturated carbocycles. The van der Waals surface area contributed by atoms with E-state index in [1.54, 1.807) is 0 Å². The molecule has 2 rings (SSSR count). The van der Waals surface area contributed by atoms with Gasteiger partial charge in [0, 0.05) is 18.4 Å². The standard InChI is InChI=1S/C11H21NOS/c12-11-8-14-7-9(11)3-1-4-10-5-2-6-13-10/h9-11H,1-8,12H2. The molecule has 2 saturated heterocycles. The zero-order chi connectivity index (χ0) is 9.80. The molecule has 0 aromatic rings. The first-order chi connectivity index (χ1) is 6.86. The van der Waals surface area contributed by atoms with Crippen molar-refractivity contribution >= 4 is 11.8 Å². The van der Waals surface area contributed by atoms with E-state index in [1.165, 1.54) is 43.6 Å². The molecule has 3 unspecified atom stereocenters. The minimum Gasteiger partial charge on any atom is -0.378 e. The van der Waals surface area contributed by atoms with E-state index in [2.05, 4.69) is 0 Å². The Morgan fingerprint density at radius 2 is 2.21 bits per heavy atom. The number of hydrogen-bond acceptors (Lipinski definition) is 3. The summed E-state index contributed by atoms with van der Waals surface area (Å²) in [5.74, 6) is 3.23. The normalized spacial score (nSPS) is 37.9. The molecule has 0 bridgehead atoms. The number of ether oxygens (including phenoxy) is 1. The molecule has 82 valence electrons. The van der Waals surface area contributed by atoms with Crippen molar-refractivity contribution < 1.29 is 4.74 Å². The smallest absolute Gasteiger partial charge is 0.0576 e. The summed E-state index contributed by atoms with van der Waals surface area (Å²) >= 11 is 2.02. The SMILES string of the molecule is NC1CSCC1CCCC1CCCO1. The zero-order valence-corrected chi connectivity index (χ0v) is 9.60. The Morgan fingerprint density at radius 1 is 1.29 bits per heavy atom. The lowest BCUT2D eigenvalue weighted by atomic mass is 9.96. The summed E-state index contributed by atoms with van der Waals surface area (Å²) < 4.78 is 5.61.